The van der Waals surface area contributed by atoms with Crippen molar-refractivity contribution in [2.75, 3.05) is 60.7 Å². The molecule has 1 N–H and O–H groups in total. The van der Waals surface area contributed by atoms with Crippen LogP contribution in [-0.4, -0.2) is 87.3 Å². The van der Waals surface area contributed by atoms with E-state index in [4.69, 9.17) is 18.9 Å². The molecule has 4 rings (SSSR count). The number of aliphatic hydroxyl groups excluding tert-OH is 1. The Morgan fingerprint density at radius 2 is 1.69 bits per heavy atom. The number of carbonyl (C=O) groups is 2. The van der Waals surface area contributed by atoms with Crippen molar-refractivity contribution in [1.29, 1.82) is 0 Å². The summed E-state index contributed by atoms with van der Waals surface area (Å²) in [5, 5.41) is 11.4. The lowest BCUT2D eigenvalue weighted by Crippen LogP contribution is -2.42. The Labute approximate surface area is 210 Å². The lowest BCUT2D eigenvalue weighted by Gasteiger charge is -2.31. The molecular weight excluding hydrogens is 464 g/mol. The fraction of sp³-hybridized carbons (Fsp3) is 0.407. The van der Waals surface area contributed by atoms with Crippen molar-refractivity contribution >= 4 is 17.4 Å². The van der Waals surface area contributed by atoms with E-state index in [2.05, 4.69) is 4.90 Å². The number of morpholine rings is 1. The van der Waals surface area contributed by atoms with Crippen LogP contribution in [0.25, 0.3) is 5.76 Å². The molecule has 2 aliphatic heterocycles. The molecule has 0 bridgehead atoms. The third kappa shape index (κ3) is 4.89. The first-order chi connectivity index (χ1) is 17.4. The average Bonchev–Trinajstić information content (AvgIpc) is 3.16. The topological polar surface area (TPSA) is 97.8 Å². The summed E-state index contributed by atoms with van der Waals surface area (Å²) < 4.78 is 21.5. The second-order valence-corrected chi connectivity index (χ2v) is 8.74. The van der Waals surface area contributed by atoms with Crippen LogP contribution < -0.4 is 14.2 Å². The number of methoxy groups -OCH3 is 3. The molecule has 2 aromatic rings. The molecule has 1 unspecified atom stereocenters. The molecule has 2 fully saturated rings. The molecule has 1 amide bonds. The molecule has 0 saturated carbocycles. The van der Waals surface area contributed by atoms with Crippen LogP contribution in [0, 0.1) is 6.92 Å². The highest BCUT2D eigenvalue weighted by atomic mass is 16.5. The van der Waals surface area contributed by atoms with Gasteiger partial charge in [-0.25, -0.2) is 0 Å². The summed E-state index contributed by atoms with van der Waals surface area (Å²) in [5.74, 6) is 0.0424. The van der Waals surface area contributed by atoms with Crippen LogP contribution >= 0.6 is 0 Å². The summed E-state index contributed by atoms with van der Waals surface area (Å²) in [6.45, 7) is 5.51. The van der Waals surface area contributed by atoms with Crippen molar-refractivity contribution in [2.45, 2.75) is 13.0 Å². The second kappa shape index (κ2) is 11.0. The summed E-state index contributed by atoms with van der Waals surface area (Å²) in [7, 11) is 4.63. The maximum Gasteiger partial charge on any atom is 0.295 e. The predicted octanol–water partition coefficient (Wildman–Crippen LogP) is 2.77. The van der Waals surface area contributed by atoms with E-state index in [1.54, 1.807) is 50.6 Å². The maximum absolute atomic E-state index is 13.4. The van der Waals surface area contributed by atoms with Crippen molar-refractivity contribution < 1.29 is 33.6 Å². The molecule has 0 radical (unpaired) electrons. The van der Waals surface area contributed by atoms with Crippen molar-refractivity contribution in [3.63, 3.8) is 0 Å². The van der Waals surface area contributed by atoms with Crippen LogP contribution in [0.5, 0.6) is 17.2 Å². The fourth-order valence-electron chi connectivity index (χ4n) is 4.73. The number of ether oxygens (including phenoxy) is 4. The summed E-state index contributed by atoms with van der Waals surface area (Å²) in [5.41, 5.74) is 1.87. The molecule has 9 heteroatoms. The molecule has 0 aromatic heterocycles. The van der Waals surface area contributed by atoms with E-state index in [1.165, 1.54) is 12.0 Å². The van der Waals surface area contributed by atoms with Crippen LogP contribution in [0.15, 0.2) is 42.0 Å². The Morgan fingerprint density at radius 1 is 0.972 bits per heavy atom. The summed E-state index contributed by atoms with van der Waals surface area (Å²) >= 11 is 0. The van der Waals surface area contributed by atoms with E-state index >= 15 is 0 Å². The number of nitrogens with zero attached hydrogens (tertiary/aromatic N) is 2. The number of aryl methyl sites for hydroxylation is 1. The highest BCUT2D eigenvalue weighted by Crippen LogP contribution is 2.42. The molecule has 192 valence electrons. The van der Waals surface area contributed by atoms with Gasteiger partial charge >= 0.3 is 0 Å². The molecule has 0 aliphatic carbocycles. The number of hydrogen-bond acceptors (Lipinski definition) is 8. The molecule has 2 aliphatic rings. The SMILES string of the molecule is COc1ccc(C(O)=C2C(=O)C(=O)N(CCN3CCOCC3)C2c2ccc(OC)c(OC)c2)c(C)c1. The van der Waals surface area contributed by atoms with Crippen LogP contribution in [0.2, 0.25) is 0 Å². The highest BCUT2D eigenvalue weighted by molar-refractivity contribution is 6.46. The lowest BCUT2D eigenvalue weighted by molar-refractivity contribution is -0.140. The number of ketones is 1. The first-order valence-electron chi connectivity index (χ1n) is 11.8. The zero-order valence-corrected chi connectivity index (χ0v) is 21.1. The van der Waals surface area contributed by atoms with Gasteiger partial charge in [0.15, 0.2) is 11.5 Å². The van der Waals surface area contributed by atoms with E-state index in [1.807, 2.05) is 6.92 Å². The highest BCUT2D eigenvalue weighted by Gasteiger charge is 2.46. The number of carbonyl (C=O) groups excluding carboxylic acids is 2. The monoisotopic (exact) mass is 496 g/mol. The van der Waals surface area contributed by atoms with Crippen LogP contribution in [0.3, 0.4) is 0 Å². The molecule has 36 heavy (non-hydrogen) atoms. The van der Waals surface area contributed by atoms with Crippen LogP contribution in [-0.2, 0) is 14.3 Å². The molecule has 9 nitrogen and oxygen atoms in total. The molecule has 2 heterocycles. The van der Waals surface area contributed by atoms with E-state index in [-0.39, 0.29) is 11.3 Å². The van der Waals surface area contributed by atoms with Crippen molar-refractivity contribution in [1.82, 2.24) is 9.80 Å². The quantitative estimate of drug-likeness (QED) is 0.339. The Balaban J connectivity index is 1.80. The Kier molecular flexibility index (Phi) is 7.81. The minimum absolute atomic E-state index is 0.0439. The molecule has 2 aromatic carbocycles. The van der Waals surface area contributed by atoms with Gasteiger partial charge in [-0.15, -0.1) is 0 Å². The van der Waals surface area contributed by atoms with Gasteiger partial charge in [-0.3, -0.25) is 14.5 Å². The number of likely N-dealkylation sites (tertiary alicyclic amines) is 1. The van der Waals surface area contributed by atoms with E-state index in [9.17, 15) is 14.7 Å². The first-order valence-corrected chi connectivity index (χ1v) is 11.8. The summed E-state index contributed by atoms with van der Waals surface area (Å²) in [6.07, 6.45) is 0. The average molecular weight is 497 g/mol. The molecular formula is C27H32N2O7. The van der Waals surface area contributed by atoms with Gasteiger partial charge in [0.05, 0.1) is 46.2 Å². The van der Waals surface area contributed by atoms with E-state index < -0.39 is 17.7 Å². The number of rotatable bonds is 8. The standard InChI is InChI=1S/C27H32N2O7/c1-17-15-19(33-2)6-7-20(17)25(30)23-24(18-5-8-21(34-3)22(16-18)35-4)29(27(32)26(23)31)10-9-28-11-13-36-14-12-28/h5-8,15-16,24,30H,9-14H2,1-4H3. The number of benzene rings is 2. The number of Topliss-reactive ketones (excluding diaryl/α,β-unsaturated/α-hetero) is 1. The van der Waals surface area contributed by atoms with Gasteiger partial charge in [0.2, 0.25) is 0 Å². The van der Waals surface area contributed by atoms with Crippen molar-refractivity contribution in [2.24, 2.45) is 0 Å². The molecule has 2 saturated heterocycles. The maximum atomic E-state index is 13.4. The van der Waals surface area contributed by atoms with Gasteiger partial charge in [0, 0.05) is 31.7 Å². The van der Waals surface area contributed by atoms with Gasteiger partial charge in [-0.1, -0.05) is 6.07 Å². The van der Waals surface area contributed by atoms with Crippen molar-refractivity contribution in [3.8, 4) is 17.2 Å². The zero-order chi connectivity index (χ0) is 25.8. The van der Waals surface area contributed by atoms with Gasteiger partial charge < -0.3 is 29.0 Å². The Hall–Kier alpha value is -3.56. The molecule has 1 atom stereocenters. The minimum Gasteiger partial charge on any atom is -0.507 e. The fourth-order valence-corrected chi connectivity index (χ4v) is 4.73. The van der Waals surface area contributed by atoms with E-state index in [0.29, 0.717) is 54.7 Å². The lowest BCUT2D eigenvalue weighted by atomic mass is 9.93. The summed E-state index contributed by atoms with van der Waals surface area (Å²) in [4.78, 5) is 30.4. The first kappa shape index (κ1) is 25.5. The number of amides is 1. The summed E-state index contributed by atoms with van der Waals surface area (Å²) in [6, 6.07) is 9.65. The normalized spacial score (nSPS) is 20.0. The van der Waals surface area contributed by atoms with Gasteiger partial charge in [-0.05, 0) is 48.4 Å². The number of hydrogen-bond donors (Lipinski definition) is 1. The van der Waals surface area contributed by atoms with Crippen molar-refractivity contribution in [3.05, 3.63) is 58.7 Å². The number of aliphatic hydroxyl groups is 1. The van der Waals surface area contributed by atoms with Gasteiger partial charge in [0.25, 0.3) is 11.7 Å². The third-order valence-corrected chi connectivity index (χ3v) is 6.71. The third-order valence-electron chi connectivity index (χ3n) is 6.71. The smallest absolute Gasteiger partial charge is 0.295 e. The largest absolute Gasteiger partial charge is 0.507 e. The zero-order valence-electron chi connectivity index (χ0n) is 21.1. The predicted molar refractivity (Wildman–Crippen MR) is 134 cm³/mol. The van der Waals surface area contributed by atoms with Crippen LogP contribution in [0.4, 0.5) is 0 Å². The Morgan fingerprint density at radius 3 is 2.33 bits per heavy atom. The van der Waals surface area contributed by atoms with E-state index in [0.717, 1.165) is 18.7 Å². The second-order valence-electron chi connectivity index (χ2n) is 8.74. The molecule has 0 spiro atoms. The van der Waals surface area contributed by atoms with Gasteiger partial charge in [-0.2, -0.15) is 0 Å². The minimum atomic E-state index is -0.785. The Bertz CT molecular complexity index is 1170. The van der Waals surface area contributed by atoms with Gasteiger partial charge in [0.1, 0.15) is 11.5 Å². The van der Waals surface area contributed by atoms with Crippen LogP contribution in [0.1, 0.15) is 22.7 Å².